The number of benzene rings is 3. The number of methoxy groups -OCH3 is 1. The molecular weight excluding hydrogens is 492 g/mol. The van der Waals surface area contributed by atoms with Gasteiger partial charge in [0.15, 0.2) is 0 Å². The van der Waals surface area contributed by atoms with Crippen molar-refractivity contribution < 1.29 is 17.9 Å². The van der Waals surface area contributed by atoms with Crippen LogP contribution in [-0.2, 0) is 20.6 Å². The van der Waals surface area contributed by atoms with Crippen LogP contribution in [0.25, 0.3) is 0 Å². The van der Waals surface area contributed by atoms with Crippen LogP contribution >= 0.6 is 23.4 Å². The van der Waals surface area contributed by atoms with E-state index in [2.05, 4.69) is 5.32 Å². The van der Waals surface area contributed by atoms with Gasteiger partial charge in [-0.2, -0.15) is 11.8 Å². The minimum Gasteiger partial charge on any atom is -0.497 e. The molecule has 0 fully saturated rings. The Morgan fingerprint density at radius 1 is 1.03 bits per heavy atom. The summed E-state index contributed by atoms with van der Waals surface area (Å²) in [5, 5.41) is 3.55. The van der Waals surface area contributed by atoms with E-state index in [1.54, 1.807) is 54.2 Å². The summed E-state index contributed by atoms with van der Waals surface area (Å²) in [6.45, 7) is 0.131. The zero-order valence-electron chi connectivity index (χ0n) is 18.8. The van der Waals surface area contributed by atoms with E-state index in [1.807, 2.05) is 24.3 Å². The third-order valence-electron chi connectivity index (χ3n) is 4.93. The highest BCUT2D eigenvalue weighted by atomic mass is 35.5. The highest BCUT2D eigenvalue weighted by molar-refractivity contribution is 7.98. The fourth-order valence-corrected chi connectivity index (χ4v) is 5.64. The molecule has 3 aromatic carbocycles. The second kappa shape index (κ2) is 12.7. The van der Waals surface area contributed by atoms with Crippen molar-refractivity contribution in [2.75, 3.05) is 30.3 Å². The topological polar surface area (TPSA) is 75.7 Å². The molecule has 9 heteroatoms. The molecule has 0 aliphatic carbocycles. The Kier molecular flexibility index (Phi) is 9.68. The van der Waals surface area contributed by atoms with Gasteiger partial charge >= 0.3 is 0 Å². The minimum absolute atomic E-state index is 0.115. The lowest BCUT2D eigenvalue weighted by atomic mass is 10.2. The molecule has 3 rings (SSSR count). The van der Waals surface area contributed by atoms with Crippen molar-refractivity contribution in [3.63, 3.8) is 0 Å². The fraction of sp³-hybridized carbons (Fsp3) is 0.240. The van der Waals surface area contributed by atoms with Crippen molar-refractivity contribution in [2.24, 2.45) is 0 Å². The van der Waals surface area contributed by atoms with Crippen LogP contribution in [0.4, 0.5) is 5.69 Å². The van der Waals surface area contributed by atoms with Gasteiger partial charge in [-0.05, 0) is 54.1 Å². The van der Waals surface area contributed by atoms with Crippen molar-refractivity contribution in [3.05, 3.63) is 89.4 Å². The van der Waals surface area contributed by atoms with Gasteiger partial charge < -0.3 is 10.1 Å². The normalized spacial score (nSPS) is 11.1. The molecule has 0 radical (unpaired) electrons. The monoisotopic (exact) mass is 518 g/mol. The molecule has 0 spiro atoms. The molecule has 0 atom stereocenters. The Balaban J connectivity index is 1.58. The number of carbonyl (C=O) groups excluding carboxylic acids is 1. The highest BCUT2D eigenvalue weighted by Crippen LogP contribution is 2.26. The van der Waals surface area contributed by atoms with Gasteiger partial charge in [-0.1, -0.05) is 48.0 Å². The third-order valence-corrected chi connectivity index (χ3v) is 8.08. The van der Waals surface area contributed by atoms with Gasteiger partial charge in [0.25, 0.3) is 10.0 Å². The van der Waals surface area contributed by atoms with Crippen molar-refractivity contribution in [2.45, 2.75) is 17.1 Å². The number of sulfonamides is 1. The Bertz CT molecular complexity index is 1170. The van der Waals surface area contributed by atoms with E-state index in [4.69, 9.17) is 16.3 Å². The molecule has 1 N–H and O–H groups in total. The van der Waals surface area contributed by atoms with Crippen LogP contribution in [0.1, 0.15) is 12.0 Å². The van der Waals surface area contributed by atoms with Crippen molar-refractivity contribution in [1.82, 2.24) is 5.32 Å². The number of hydrogen-bond acceptors (Lipinski definition) is 5. The van der Waals surface area contributed by atoms with Crippen LogP contribution in [0, 0.1) is 0 Å². The maximum absolute atomic E-state index is 13.3. The van der Waals surface area contributed by atoms with Gasteiger partial charge in [0.1, 0.15) is 12.3 Å². The number of carbonyl (C=O) groups is 1. The molecule has 3 aromatic rings. The van der Waals surface area contributed by atoms with E-state index in [-0.39, 0.29) is 17.3 Å². The fourth-order valence-electron chi connectivity index (χ4n) is 3.16. The Hall–Kier alpha value is -2.68. The molecule has 0 aliphatic rings. The summed E-state index contributed by atoms with van der Waals surface area (Å²) in [4.78, 5) is 12.8. The van der Waals surface area contributed by atoms with Crippen molar-refractivity contribution in [3.8, 4) is 5.75 Å². The molecule has 0 saturated carbocycles. The number of nitrogens with zero attached hydrogens (tertiary/aromatic N) is 1. The zero-order chi connectivity index (χ0) is 24.4. The summed E-state index contributed by atoms with van der Waals surface area (Å²) >= 11 is 7.67. The first-order valence-electron chi connectivity index (χ1n) is 10.7. The average Bonchev–Trinajstić information content (AvgIpc) is 2.86. The van der Waals surface area contributed by atoms with Crippen LogP contribution in [0.3, 0.4) is 0 Å². The standard InChI is InChI=1S/C25H27ClN2O4S2/c1-32-23-8-5-7-22(17-23)28(34(30,31)24-9-3-2-4-10-24)18-25(29)27-15-6-16-33-19-20-11-13-21(26)14-12-20/h2-5,7-14,17H,6,15-16,18-19H2,1H3,(H,27,29). The van der Waals surface area contributed by atoms with Gasteiger partial charge in [-0.25, -0.2) is 8.42 Å². The molecule has 180 valence electrons. The number of nitrogens with one attached hydrogen (secondary N) is 1. The molecule has 0 bridgehead atoms. The third kappa shape index (κ3) is 7.41. The molecule has 0 unspecified atom stereocenters. The lowest BCUT2D eigenvalue weighted by molar-refractivity contribution is -0.119. The van der Waals surface area contributed by atoms with Crippen LogP contribution in [0.5, 0.6) is 5.75 Å². The molecule has 0 saturated heterocycles. The van der Waals surface area contributed by atoms with Crippen LogP contribution in [0.2, 0.25) is 5.02 Å². The van der Waals surface area contributed by atoms with E-state index < -0.39 is 10.0 Å². The average molecular weight is 519 g/mol. The van der Waals surface area contributed by atoms with Crippen molar-refractivity contribution in [1.29, 1.82) is 0 Å². The second-order valence-corrected chi connectivity index (χ2v) is 10.8. The van der Waals surface area contributed by atoms with E-state index in [1.165, 1.54) is 24.8 Å². The molecular formula is C25H27ClN2O4S2. The van der Waals surface area contributed by atoms with Gasteiger partial charge in [0.2, 0.25) is 5.91 Å². The van der Waals surface area contributed by atoms with E-state index in [9.17, 15) is 13.2 Å². The molecule has 0 heterocycles. The first kappa shape index (κ1) is 25.9. The number of halogens is 1. The van der Waals surface area contributed by atoms with Gasteiger partial charge in [0, 0.05) is 23.4 Å². The van der Waals surface area contributed by atoms with E-state index in [0.717, 1.165) is 22.2 Å². The lowest BCUT2D eigenvalue weighted by Gasteiger charge is -2.24. The Morgan fingerprint density at radius 3 is 2.47 bits per heavy atom. The van der Waals surface area contributed by atoms with Gasteiger partial charge in [-0.3, -0.25) is 9.10 Å². The zero-order valence-corrected chi connectivity index (χ0v) is 21.2. The minimum atomic E-state index is -3.94. The number of ether oxygens (including phenoxy) is 1. The number of thioether (sulfide) groups is 1. The van der Waals surface area contributed by atoms with E-state index >= 15 is 0 Å². The maximum atomic E-state index is 13.3. The van der Waals surface area contributed by atoms with Crippen LogP contribution in [-0.4, -0.2) is 40.3 Å². The van der Waals surface area contributed by atoms with Gasteiger partial charge in [-0.15, -0.1) is 0 Å². The first-order valence-corrected chi connectivity index (χ1v) is 13.7. The molecule has 6 nitrogen and oxygen atoms in total. The summed E-state index contributed by atoms with van der Waals surface area (Å²) in [5.74, 6) is 1.86. The van der Waals surface area contributed by atoms with Crippen LogP contribution in [0.15, 0.2) is 83.8 Å². The number of anilines is 1. The van der Waals surface area contributed by atoms with Crippen LogP contribution < -0.4 is 14.4 Å². The number of amides is 1. The largest absolute Gasteiger partial charge is 0.497 e. The maximum Gasteiger partial charge on any atom is 0.264 e. The molecule has 0 aromatic heterocycles. The van der Waals surface area contributed by atoms with Gasteiger partial charge in [0.05, 0.1) is 17.7 Å². The highest BCUT2D eigenvalue weighted by Gasteiger charge is 2.27. The van der Waals surface area contributed by atoms with E-state index in [0.29, 0.717) is 23.0 Å². The second-order valence-electron chi connectivity index (χ2n) is 7.41. The predicted octanol–water partition coefficient (Wildman–Crippen LogP) is 4.98. The van der Waals surface area contributed by atoms with Crippen molar-refractivity contribution >= 4 is 45.0 Å². The Morgan fingerprint density at radius 2 is 1.76 bits per heavy atom. The lowest BCUT2D eigenvalue weighted by Crippen LogP contribution is -2.41. The summed E-state index contributed by atoms with van der Waals surface area (Å²) in [6.07, 6.45) is 0.772. The number of hydrogen-bond donors (Lipinski definition) is 1. The summed E-state index contributed by atoms with van der Waals surface area (Å²) < 4.78 is 33.0. The predicted molar refractivity (Wildman–Crippen MR) is 139 cm³/mol. The summed E-state index contributed by atoms with van der Waals surface area (Å²) in [5.41, 5.74) is 1.55. The number of rotatable bonds is 12. The quantitative estimate of drug-likeness (QED) is 0.342. The smallest absolute Gasteiger partial charge is 0.264 e. The molecule has 0 aliphatic heterocycles. The SMILES string of the molecule is COc1cccc(N(CC(=O)NCCCSCc2ccc(Cl)cc2)S(=O)(=O)c2ccccc2)c1. The molecule has 1 amide bonds. The summed E-state index contributed by atoms with van der Waals surface area (Å²) in [6, 6.07) is 22.5. The summed E-state index contributed by atoms with van der Waals surface area (Å²) in [7, 11) is -2.44. The molecule has 34 heavy (non-hydrogen) atoms. The Labute approximate surface area is 210 Å². The first-order chi connectivity index (χ1) is 16.4.